The van der Waals surface area contributed by atoms with Crippen LogP contribution in [0.5, 0.6) is 11.5 Å². The van der Waals surface area contributed by atoms with Gasteiger partial charge in [0.15, 0.2) is 0 Å². The number of benzene rings is 3. The Morgan fingerprint density at radius 1 is 0.794 bits per heavy atom. The molecule has 0 N–H and O–H groups in total. The van der Waals surface area contributed by atoms with Crippen molar-refractivity contribution in [2.24, 2.45) is 0 Å². The maximum atomic E-state index is 6.08. The fourth-order valence-corrected chi connectivity index (χ4v) is 3.93. The largest absolute Gasteiger partial charge is 2.00 e. The van der Waals surface area contributed by atoms with Crippen molar-refractivity contribution < 1.29 is 25.8 Å². The molecule has 0 radical (unpaired) electrons. The molecule has 0 spiro atoms. The number of aromatic nitrogens is 3. The van der Waals surface area contributed by atoms with Gasteiger partial charge in [-0.2, -0.15) is 17.7 Å². The van der Waals surface area contributed by atoms with Gasteiger partial charge in [0.05, 0.1) is 12.0 Å². The SMILES string of the molecule is Cc1cccc(C)c1-n1cnc(-c2[c-]c(Oc3[c-]c(Cc4ccccn4)ccc3)ccc2)c1.[Pt+2]. The van der Waals surface area contributed by atoms with Gasteiger partial charge in [0, 0.05) is 29.1 Å². The first-order valence-electron chi connectivity index (χ1n) is 10.9. The molecule has 0 aliphatic carbocycles. The molecular formula is C29H23N3OPt. The number of nitrogens with zero attached hydrogens (tertiary/aromatic N) is 3. The van der Waals surface area contributed by atoms with E-state index in [1.54, 1.807) is 6.20 Å². The average molecular weight is 625 g/mol. The quantitative estimate of drug-likeness (QED) is 0.202. The number of aryl methyl sites for hydroxylation is 2. The summed E-state index contributed by atoms with van der Waals surface area (Å²) < 4.78 is 8.15. The molecule has 0 amide bonds. The molecule has 34 heavy (non-hydrogen) atoms. The Kier molecular flexibility index (Phi) is 7.39. The summed E-state index contributed by atoms with van der Waals surface area (Å²) in [5.74, 6) is 1.28. The fraction of sp³-hybridized carbons (Fsp3) is 0.103. The van der Waals surface area contributed by atoms with Gasteiger partial charge in [0.2, 0.25) is 0 Å². The van der Waals surface area contributed by atoms with Crippen molar-refractivity contribution in [3.63, 3.8) is 0 Å². The van der Waals surface area contributed by atoms with E-state index in [2.05, 4.69) is 58.7 Å². The van der Waals surface area contributed by atoms with Gasteiger partial charge in [-0.25, -0.2) is 0 Å². The third-order valence-electron chi connectivity index (χ3n) is 5.47. The van der Waals surface area contributed by atoms with Crippen molar-refractivity contribution in [2.75, 3.05) is 0 Å². The van der Waals surface area contributed by atoms with E-state index in [1.807, 2.05) is 67.1 Å². The second-order valence-electron chi connectivity index (χ2n) is 7.98. The Bertz CT molecular complexity index is 1380. The summed E-state index contributed by atoms with van der Waals surface area (Å²) in [5.41, 5.74) is 7.32. The first-order valence-corrected chi connectivity index (χ1v) is 10.9. The monoisotopic (exact) mass is 624 g/mol. The van der Waals surface area contributed by atoms with Gasteiger partial charge in [-0.1, -0.05) is 30.3 Å². The van der Waals surface area contributed by atoms with Gasteiger partial charge >= 0.3 is 21.1 Å². The molecule has 0 unspecified atom stereocenters. The third-order valence-corrected chi connectivity index (χ3v) is 5.47. The van der Waals surface area contributed by atoms with Gasteiger partial charge in [0.25, 0.3) is 0 Å². The van der Waals surface area contributed by atoms with Crippen molar-refractivity contribution >= 4 is 0 Å². The number of pyridine rings is 1. The van der Waals surface area contributed by atoms with Gasteiger partial charge in [-0.05, 0) is 49.7 Å². The molecule has 170 valence electrons. The molecule has 4 nitrogen and oxygen atoms in total. The van der Waals surface area contributed by atoms with Crippen LogP contribution in [0.25, 0.3) is 16.9 Å². The van der Waals surface area contributed by atoms with Crippen LogP contribution in [0.15, 0.2) is 91.5 Å². The molecule has 0 atom stereocenters. The van der Waals surface area contributed by atoms with Crippen LogP contribution in [0, 0.1) is 26.0 Å². The van der Waals surface area contributed by atoms with Gasteiger partial charge < -0.3 is 9.30 Å². The Labute approximate surface area is 214 Å². The topological polar surface area (TPSA) is 39.9 Å². The number of ether oxygens (including phenoxy) is 1. The van der Waals surface area contributed by atoms with Crippen molar-refractivity contribution in [1.82, 2.24) is 14.5 Å². The molecule has 3 aromatic carbocycles. The summed E-state index contributed by atoms with van der Waals surface area (Å²) in [7, 11) is 0. The predicted octanol–water partition coefficient (Wildman–Crippen LogP) is 6.53. The molecule has 0 fully saturated rings. The first-order chi connectivity index (χ1) is 16.2. The standard InChI is InChI=1S/C29H23N3O.Pt/c1-21-8-5-9-22(2)29(21)32-19-28(31-20-32)24-11-7-14-27(18-24)33-26-13-6-10-23(17-26)16-25-12-3-4-15-30-25;/h3-15,19-20H,16H2,1-2H3;/q-2;+2. The Morgan fingerprint density at radius 2 is 1.53 bits per heavy atom. The number of hydrogen-bond donors (Lipinski definition) is 0. The summed E-state index contributed by atoms with van der Waals surface area (Å²) in [5, 5.41) is 0. The number of hydrogen-bond acceptors (Lipinski definition) is 3. The Morgan fingerprint density at radius 3 is 2.29 bits per heavy atom. The van der Waals surface area contributed by atoms with Crippen LogP contribution in [0.3, 0.4) is 0 Å². The Hall–Kier alpha value is -3.49. The van der Waals surface area contributed by atoms with Crippen LogP contribution in [0.2, 0.25) is 0 Å². The van der Waals surface area contributed by atoms with Crippen molar-refractivity contribution in [3.05, 3.63) is 126 Å². The van der Waals surface area contributed by atoms with E-state index >= 15 is 0 Å². The van der Waals surface area contributed by atoms with Gasteiger partial charge in [0.1, 0.15) is 0 Å². The van der Waals surface area contributed by atoms with Crippen LogP contribution < -0.4 is 4.74 Å². The Balaban J connectivity index is 0.00000274. The minimum Gasteiger partial charge on any atom is -0.503 e. The van der Waals surface area contributed by atoms with Crippen LogP contribution in [-0.2, 0) is 27.5 Å². The van der Waals surface area contributed by atoms with E-state index in [-0.39, 0.29) is 21.1 Å². The smallest absolute Gasteiger partial charge is 0.503 e. The van der Waals surface area contributed by atoms with Crippen molar-refractivity contribution in [3.8, 4) is 28.4 Å². The predicted molar refractivity (Wildman–Crippen MR) is 130 cm³/mol. The number of para-hydroxylation sites is 1. The summed E-state index contributed by atoms with van der Waals surface area (Å²) in [4.78, 5) is 9.01. The summed E-state index contributed by atoms with van der Waals surface area (Å²) in [6.45, 7) is 4.22. The fourth-order valence-electron chi connectivity index (χ4n) is 3.93. The minimum absolute atomic E-state index is 0. The molecule has 0 saturated heterocycles. The third kappa shape index (κ3) is 5.35. The zero-order chi connectivity index (χ0) is 22.6. The molecule has 2 aromatic heterocycles. The zero-order valence-corrected chi connectivity index (χ0v) is 21.2. The van der Waals surface area contributed by atoms with Gasteiger partial charge in [-0.15, -0.1) is 35.9 Å². The molecule has 5 rings (SSSR count). The molecule has 0 bridgehead atoms. The second-order valence-corrected chi connectivity index (χ2v) is 7.98. The number of imidazole rings is 1. The van der Waals surface area contributed by atoms with E-state index in [4.69, 9.17) is 4.74 Å². The van der Waals surface area contributed by atoms with Crippen LogP contribution >= 0.6 is 0 Å². The zero-order valence-electron chi connectivity index (χ0n) is 18.9. The first kappa shape index (κ1) is 23.7. The van der Waals surface area contributed by atoms with E-state index in [0.29, 0.717) is 17.9 Å². The van der Waals surface area contributed by atoms with E-state index in [0.717, 1.165) is 28.2 Å². The summed E-state index contributed by atoms with van der Waals surface area (Å²) in [6.07, 6.45) is 6.39. The van der Waals surface area contributed by atoms with Crippen LogP contribution in [0.1, 0.15) is 22.4 Å². The van der Waals surface area contributed by atoms with Crippen molar-refractivity contribution in [2.45, 2.75) is 20.3 Å². The van der Waals surface area contributed by atoms with E-state index in [1.165, 1.54) is 11.1 Å². The van der Waals surface area contributed by atoms with Crippen LogP contribution in [0.4, 0.5) is 0 Å². The molecular weight excluding hydrogens is 601 g/mol. The van der Waals surface area contributed by atoms with Gasteiger partial charge in [-0.3, -0.25) is 9.97 Å². The van der Waals surface area contributed by atoms with Crippen LogP contribution in [-0.4, -0.2) is 14.5 Å². The maximum absolute atomic E-state index is 6.08. The molecule has 2 heterocycles. The van der Waals surface area contributed by atoms with E-state index < -0.39 is 0 Å². The minimum atomic E-state index is 0. The summed E-state index contributed by atoms with van der Waals surface area (Å²) in [6, 6.07) is 30.6. The molecule has 0 aliphatic rings. The summed E-state index contributed by atoms with van der Waals surface area (Å²) >= 11 is 0. The molecule has 5 aromatic rings. The maximum Gasteiger partial charge on any atom is 2.00 e. The molecule has 0 saturated carbocycles. The normalized spacial score (nSPS) is 10.5. The van der Waals surface area contributed by atoms with Crippen molar-refractivity contribution in [1.29, 1.82) is 0 Å². The molecule has 5 heteroatoms. The second kappa shape index (κ2) is 10.6. The number of rotatable bonds is 6. The molecule has 0 aliphatic heterocycles. The average Bonchev–Trinajstić information content (AvgIpc) is 3.30. The van der Waals surface area contributed by atoms with E-state index in [9.17, 15) is 0 Å².